The van der Waals surface area contributed by atoms with Crippen LogP contribution in [0, 0.1) is 13.8 Å². The predicted molar refractivity (Wildman–Crippen MR) is 355 cm³/mol. The molecule has 84 heavy (non-hydrogen) atoms. The molecule has 0 saturated heterocycles. The maximum atomic E-state index is 7.25. The van der Waals surface area contributed by atoms with Gasteiger partial charge < -0.3 is 27.5 Å². The van der Waals surface area contributed by atoms with Gasteiger partial charge in [-0.15, -0.1) is 0 Å². The Bertz CT molecular complexity index is 4890. The smallest absolute Gasteiger partial charge is 0.178 e. The van der Waals surface area contributed by atoms with E-state index in [4.69, 9.17) is 17.7 Å². The lowest BCUT2D eigenvalue weighted by atomic mass is 9.84. The first-order chi connectivity index (χ1) is 40.4. The third kappa shape index (κ3) is 7.82. The highest BCUT2D eigenvalue weighted by atomic mass is 16.4. The quantitative estimate of drug-likeness (QED) is 0.151. The number of aryl methyl sites for hydroxylation is 2. The van der Waals surface area contributed by atoms with Crippen LogP contribution >= 0.6 is 0 Å². The van der Waals surface area contributed by atoms with Crippen molar-refractivity contribution in [3.05, 3.63) is 215 Å². The van der Waals surface area contributed by atoms with Gasteiger partial charge in [0.25, 0.3) is 0 Å². The summed E-state index contributed by atoms with van der Waals surface area (Å²) in [5.74, 6) is 0.404. The van der Waals surface area contributed by atoms with Crippen LogP contribution < -0.4 is 9.80 Å². The van der Waals surface area contributed by atoms with Crippen LogP contribution in [0.4, 0.5) is 34.1 Å². The summed E-state index contributed by atoms with van der Waals surface area (Å²) in [7, 11) is 0. The topological polar surface area (TPSA) is 59.0 Å². The van der Waals surface area contributed by atoms with Crippen molar-refractivity contribution in [1.82, 2.24) is 0 Å². The summed E-state index contributed by atoms with van der Waals surface area (Å²) >= 11 is 0. The third-order valence-electron chi connectivity index (χ3n) is 17.8. The normalized spacial score (nSPS) is 12.7. The van der Waals surface area contributed by atoms with Gasteiger partial charge in [-0.2, -0.15) is 0 Å². The van der Waals surface area contributed by atoms with Gasteiger partial charge in [-0.3, -0.25) is 0 Å². The summed E-state index contributed by atoms with van der Waals surface area (Å²) in [4.78, 5) is 4.72. The van der Waals surface area contributed by atoms with Crippen molar-refractivity contribution >= 4 is 143 Å². The largest absolute Gasteiger partial charge is 0.454 e. The van der Waals surface area contributed by atoms with Gasteiger partial charge in [-0.1, -0.05) is 178 Å². The predicted octanol–water partition coefficient (Wildman–Crippen LogP) is 24.0. The lowest BCUT2D eigenvalue weighted by Crippen LogP contribution is -2.11. The molecule has 4 heterocycles. The van der Waals surface area contributed by atoms with Gasteiger partial charge in [0.05, 0.1) is 11.4 Å². The van der Waals surface area contributed by atoms with Crippen molar-refractivity contribution in [2.24, 2.45) is 0 Å². The number of furan rings is 4. The highest BCUT2D eigenvalue weighted by Gasteiger charge is 2.31. The standard InChI is InChI=1S/C78H68N2O4/c1-43(2)67-68(44(3)4)70-58-40-48-34-36-52(80(62-30-16-14-22-46(62)6)64-32-20-26-56-54-24-18-28-60(78(10,11)12)72(54)84-74(56)64)38-50(48)42-66(58)82-76(70)75-69(67)57-39-47-33-35-51(37-49(47)41-65(57)81-75)79(61-29-15-13-21-45(61)5)63-31-19-25-55-53-23-17-27-59(77(7,8)9)71(53)83-73(55)63/h13-44H,1-12H3. The van der Waals surface area contributed by atoms with E-state index in [2.05, 4.69) is 275 Å². The summed E-state index contributed by atoms with van der Waals surface area (Å²) in [6.45, 7) is 27.1. The number of para-hydroxylation sites is 6. The van der Waals surface area contributed by atoms with Crippen molar-refractivity contribution in [3.63, 3.8) is 0 Å². The molecule has 0 bridgehead atoms. The molecule has 0 radical (unpaired) electrons. The molecule has 0 N–H and O–H groups in total. The third-order valence-corrected chi connectivity index (χ3v) is 17.8. The van der Waals surface area contributed by atoms with E-state index in [1.807, 2.05) is 0 Å². The van der Waals surface area contributed by atoms with E-state index in [1.54, 1.807) is 0 Å². The van der Waals surface area contributed by atoms with Crippen molar-refractivity contribution in [3.8, 4) is 0 Å². The van der Waals surface area contributed by atoms with Crippen LogP contribution in [0.5, 0.6) is 0 Å². The van der Waals surface area contributed by atoms with E-state index < -0.39 is 0 Å². The van der Waals surface area contributed by atoms with E-state index >= 15 is 0 Å². The second kappa shape index (κ2) is 18.6. The molecule has 6 heteroatoms. The Labute approximate surface area is 489 Å². The Hall–Kier alpha value is -9.26. The van der Waals surface area contributed by atoms with Crippen molar-refractivity contribution < 1.29 is 17.7 Å². The molecule has 11 aromatic carbocycles. The second-order valence-corrected chi connectivity index (χ2v) is 26.1. The summed E-state index contributed by atoms with van der Waals surface area (Å²) in [5.41, 5.74) is 20.2. The highest BCUT2D eigenvalue weighted by Crippen LogP contribution is 2.52. The minimum Gasteiger partial charge on any atom is -0.454 e. The van der Waals surface area contributed by atoms with E-state index in [0.29, 0.717) is 0 Å². The van der Waals surface area contributed by atoms with Gasteiger partial charge in [0.15, 0.2) is 22.3 Å². The highest BCUT2D eigenvalue weighted by molar-refractivity contribution is 6.24. The fraction of sp³-hybridized carbons (Fsp3) is 0.205. The van der Waals surface area contributed by atoms with Crippen molar-refractivity contribution in [2.75, 3.05) is 9.80 Å². The van der Waals surface area contributed by atoms with Gasteiger partial charge in [0.2, 0.25) is 0 Å². The van der Waals surface area contributed by atoms with Crippen molar-refractivity contribution in [2.45, 2.75) is 106 Å². The Kier molecular flexibility index (Phi) is 11.4. The first-order valence-corrected chi connectivity index (χ1v) is 29.8. The molecule has 4 aromatic heterocycles. The first kappa shape index (κ1) is 51.6. The van der Waals surface area contributed by atoms with Crippen LogP contribution in [0.1, 0.15) is 114 Å². The summed E-state index contributed by atoms with van der Waals surface area (Å²) < 4.78 is 28.6. The van der Waals surface area contributed by atoms with Crippen LogP contribution in [0.3, 0.4) is 0 Å². The zero-order chi connectivity index (χ0) is 57.8. The van der Waals surface area contributed by atoms with E-state index in [-0.39, 0.29) is 22.7 Å². The fourth-order valence-electron chi connectivity index (χ4n) is 13.8. The van der Waals surface area contributed by atoms with Gasteiger partial charge in [-0.25, -0.2) is 0 Å². The molecule has 0 amide bonds. The molecule has 0 aliphatic rings. The van der Waals surface area contributed by atoms with Crippen LogP contribution in [-0.2, 0) is 10.8 Å². The van der Waals surface area contributed by atoms with Gasteiger partial charge in [0.1, 0.15) is 22.3 Å². The number of hydrogen-bond acceptors (Lipinski definition) is 6. The number of fused-ring (bicyclic) bond motifs is 15. The minimum atomic E-state index is -0.0939. The minimum absolute atomic E-state index is 0.0939. The maximum Gasteiger partial charge on any atom is 0.178 e. The molecule has 0 spiro atoms. The molecule has 0 fully saturated rings. The Morgan fingerprint density at radius 1 is 0.321 bits per heavy atom. The molecule has 0 aliphatic carbocycles. The summed E-state index contributed by atoms with van der Waals surface area (Å²) in [6.07, 6.45) is 0. The van der Waals surface area contributed by atoms with E-state index in [9.17, 15) is 0 Å². The van der Waals surface area contributed by atoms with Gasteiger partial charge >= 0.3 is 0 Å². The molecular weight excluding hydrogens is 1030 g/mol. The maximum absolute atomic E-state index is 7.25. The monoisotopic (exact) mass is 1100 g/mol. The molecule has 15 rings (SSSR count). The molecule has 414 valence electrons. The molecular formula is C78H68N2O4. The molecule has 0 aliphatic heterocycles. The number of hydrogen-bond donors (Lipinski definition) is 0. The van der Waals surface area contributed by atoms with Crippen LogP contribution in [-0.4, -0.2) is 0 Å². The zero-order valence-corrected chi connectivity index (χ0v) is 50.0. The molecule has 0 unspecified atom stereocenters. The van der Waals surface area contributed by atoms with Crippen LogP contribution in [0.25, 0.3) is 109 Å². The number of nitrogens with zero attached hydrogens (tertiary/aromatic N) is 2. The fourth-order valence-corrected chi connectivity index (χ4v) is 13.8. The van der Waals surface area contributed by atoms with E-state index in [1.165, 1.54) is 22.3 Å². The van der Waals surface area contributed by atoms with Crippen LogP contribution in [0.2, 0.25) is 0 Å². The van der Waals surface area contributed by atoms with Gasteiger partial charge in [0, 0.05) is 77.0 Å². The molecule has 0 saturated carbocycles. The summed E-state index contributed by atoms with van der Waals surface area (Å²) in [6, 6.07) is 66.2. The first-order valence-electron chi connectivity index (χ1n) is 29.8. The Morgan fingerprint density at radius 2 is 0.690 bits per heavy atom. The average molecular weight is 1100 g/mol. The van der Waals surface area contributed by atoms with Crippen molar-refractivity contribution in [1.29, 1.82) is 0 Å². The SMILES string of the molecule is Cc1ccccc1N(c1ccc2cc3c(cc2c1)oc1c2oc4cc5cc(N(c6ccccc6C)c6cccc7c6oc6c(C(C)(C)C)cccc67)ccc5cc4c2c(C(C)C)c(C(C)C)c31)c1cccc2c1oc1c(C(C)(C)C)cccc12. The summed E-state index contributed by atoms with van der Waals surface area (Å²) in [5, 5.41) is 13.3. The Balaban J connectivity index is 0.910. The molecule has 15 aromatic rings. The van der Waals surface area contributed by atoms with E-state index in [0.717, 1.165) is 155 Å². The zero-order valence-electron chi connectivity index (χ0n) is 50.0. The Morgan fingerprint density at radius 3 is 1.07 bits per heavy atom. The molecule has 0 atom stereocenters. The average Bonchev–Trinajstić information content (AvgIpc) is 1.85. The van der Waals surface area contributed by atoms with Crippen LogP contribution in [0.15, 0.2) is 200 Å². The lowest BCUT2D eigenvalue weighted by Gasteiger charge is -2.27. The number of anilines is 6. The number of benzene rings is 11. The van der Waals surface area contributed by atoms with Gasteiger partial charge in [-0.05, 0) is 153 Å². The lowest BCUT2D eigenvalue weighted by molar-refractivity contribution is 0.572. The number of rotatable bonds is 8. The molecule has 6 nitrogen and oxygen atoms in total. The second-order valence-electron chi connectivity index (χ2n) is 26.1.